The lowest BCUT2D eigenvalue weighted by Crippen LogP contribution is -2.31. The molecule has 1 aromatic heterocycles. The van der Waals surface area contributed by atoms with Crippen LogP contribution in [0.15, 0.2) is 36.4 Å². The minimum atomic E-state index is -0.239. The molecule has 1 saturated heterocycles. The van der Waals surface area contributed by atoms with Crippen LogP contribution in [0.5, 0.6) is 0 Å². The normalized spacial score (nSPS) is 28.0. The first-order chi connectivity index (χ1) is 10.2. The van der Waals surface area contributed by atoms with Crippen molar-refractivity contribution in [2.45, 2.75) is 18.9 Å². The van der Waals surface area contributed by atoms with E-state index in [2.05, 4.69) is 4.98 Å². The molecule has 2 aromatic rings. The topological polar surface area (TPSA) is 53.4 Å². The monoisotopic (exact) mass is 282 g/mol. The predicted molar refractivity (Wildman–Crippen MR) is 79.9 cm³/mol. The summed E-state index contributed by atoms with van der Waals surface area (Å²) in [7, 11) is 0. The number of aromatic nitrogens is 1. The lowest BCUT2D eigenvalue weighted by Gasteiger charge is -2.18. The number of hydrogen-bond acceptors (Lipinski definition) is 3. The van der Waals surface area contributed by atoms with Crippen LogP contribution in [0.4, 0.5) is 0 Å². The van der Waals surface area contributed by atoms with E-state index in [1.165, 1.54) is 0 Å². The van der Waals surface area contributed by atoms with Crippen LogP contribution in [-0.2, 0) is 0 Å². The van der Waals surface area contributed by atoms with E-state index in [4.69, 9.17) is 0 Å². The maximum absolute atomic E-state index is 12.6. The van der Waals surface area contributed by atoms with E-state index in [-0.39, 0.29) is 17.9 Å². The van der Waals surface area contributed by atoms with E-state index in [0.29, 0.717) is 18.2 Å². The third kappa shape index (κ3) is 2.10. The molecule has 2 heterocycles. The highest BCUT2D eigenvalue weighted by molar-refractivity contribution is 5.95. The van der Waals surface area contributed by atoms with Crippen LogP contribution in [0, 0.1) is 11.8 Å². The van der Waals surface area contributed by atoms with Gasteiger partial charge in [-0.1, -0.05) is 24.3 Å². The van der Waals surface area contributed by atoms with Gasteiger partial charge in [0.1, 0.15) is 5.69 Å². The molecule has 0 spiro atoms. The van der Waals surface area contributed by atoms with Gasteiger partial charge in [0.05, 0.1) is 11.6 Å². The van der Waals surface area contributed by atoms with E-state index in [0.717, 1.165) is 30.3 Å². The highest BCUT2D eigenvalue weighted by Gasteiger charge is 2.43. The number of carbonyl (C=O) groups excluding carboxylic acids is 1. The molecule has 1 N–H and O–H groups in total. The minimum absolute atomic E-state index is 0.0117. The SMILES string of the molecule is O=C(c1ccc2ccccc2n1)N1C[C@H]2CC[C@@H](O)[C@H]2C1. The number of hydrogen-bond donors (Lipinski definition) is 1. The molecule has 4 nitrogen and oxygen atoms in total. The van der Waals surface area contributed by atoms with Gasteiger partial charge in [-0.2, -0.15) is 0 Å². The first kappa shape index (κ1) is 12.8. The number of rotatable bonds is 1. The largest absolute Gasteiger partial charge is 0.393 e. The third-order valence-corrected chi connectivity index (χ3v) is 4.92. The van der Waals surface area contributed by atoms with Gasteiger partial charge in [-0.3, -0.25) is 4.79 Å². The third-order valence-electron chi connectivity index (χ3n) is 4.92. The average molecular weight is 282 g/mol. The van der Waals surface area contributed by atoms with E-state index in [1.54, 1.807) is 6.07 Å². The Morgan fingerprint density at radius 2 is 2.00 bits per heavy atom. The molecule has 4 rings (SSSR count). The van der Waals surface area contributed by atoms with E-state index in [1.807, 2.05) is 35.2 Å². The summed E-state index contributed by atoms with van der Waals surface area (Å²) in [6, 6.07) is 11.6. The Morgan fingerprint density at radius 3 is 2.86 bits per heavy atom. The molecule has 1 aliphatic heterocycles. The van der Waals surface area contributed by atoms with Crippen molar-refractivity contribution in [1.29, 1.82) is 0 Å². The molecule has 1 aromatic carbocycles. The molecular formula is C17H18N2O2. The molecule has 0 radical (unpaired) electrons. The second-order valence-corrected chi connectivity index (χ2v) is 6.17. The summed E-state index contributed by atoms with van der Waals surface area (Å²) in [5.41, 5.74) is 1.35. The smallest absolute Gasteiger partial charge is 0.272 e. The number of aliphatic hydroxyl groups excluding tert-OH is 1. The van der Waals surface area contributed by atoms with Gasteiger partial charge in [-0.15, -0.1) is 0 Å². The fourth-order valence-corrected chi connectivity index (χ4v) is 3.75. The van der Waals surface area contributed by atoms with E-state index in [9.17, 15) is 9.90 Å². The highest BCUT2D eigenvalue weighted by atomic mass is 16.3. The Labute approximate surface area is 123 Å². The molecule has 2 aliphatic rings. The first-order valence-corrected chi connectivity index (χ1v) is 7.55. The van der Waals surface area contributed by atoms with Crippen LogP contribution >= 0.6 is 0 Å². The molecule has 108 valence electrons. The molecule has 1 amide bonds. The van der Waals surface area contributed by atoms with E-state index >= 15 is 0 Å². The number of benzene rings is 1. The van der Waals surface area contributed by atoms with Crippen molar-refractivity contribution in [1.82, 2.24) is 9.88 Å². The molecule has 21 heavy (non-hydrogen) atoms. The van der Waals surface area contributed by atoms with Gasteiger partial charge in [0.25, 0.3) is 5.91 Å². The van der Waals surface area contributed by atoms with Gasteiger partial charge in [-0.25, -0.2) is 4.98 Å². The molecule has 3 atom stereocenters. The van der Waals surface area contributed by atoms with Crippen molar-refractivity contribution in [3.05, 3.63) is 42.1 Å². The Hall–Kier alpha value is -1.94. The number of pyridine rings is 1. The molecule has 0 unspecified atom stereocenters. The number of likely N-dealkylation sites (tertiary alicyclic amines) is 1. The quantitative estimate of drug-likeness (QED) is 0.871. The molecule has 4 heteroatoms. The van der Waals surface area contributed by atoms with Gasteiger partial charge in [-0.05, 0) is 30.9 Å². The van der Waals surface area contributed by atoms with Gasteiger partial charge >= 0.3 is 0 Å². The van der Waals surface area contributed by atoms with Crippen molar-refractivity contribution >= 4 is 16.8 Å². The van der Waals surface area contributed by atoms with Crippen molar-refractivity contribution in [2.24, 2.45) is 11.8 Å². The number of aliphatic hydroxyl groups is 1. The standard InChI is InChI=1S/C17H18N2O2/c20-16-8-6-12-9-19(10-13(12)16)17(21)15-7-5-11-3-1-2-4-14(11)18-15/h1-5,7,12-13,16,20H,6,8-10H2/t12-,13+,16-/m1/s1. The van der Waals surface area contributed by atoms with Gasteiger partial charge in [0.15, 0.2) is 0 Å². The average Bonchev–Trinajstić information content (AvgIpc) is 3.08. The number of nitrogens with zero attached hydrogens (tertiary/aromatic N) is 2. The summed E-state index contributed by atoms with van der Waals surface area (Å²) in [6.07, 6.45) is 1.67. The predicted octanol–water partition coefficient (Wildman–Crippen LogP) is 2.08. The highest BCUT2D eigenvalue weighted by Crippen LogP contribution is 2.38. The van der Waals surface area contributed by atoms with Crippen molar-refractivity contribution in [3.8, 4) is 0 Å². The molecule has 2 fully saturated rings. The summed E-state index contributed by atoms with van der Waals surface area (Å²) < 4.78 is 0. The van der Waals surface area contributed by atoms with Crippen LogP contribution in [0.2, 0.25) is 0 Å². The lowest BCUT2D eigenvalue weighted by atomic mass is 10.00. The van der Waals surface area contributed by atoms with E-state index < -0.39 is 0 Å². The summed E-state index contributed by atoms with van der Waals surface area (Å²) in [5, 5.41) is 11.0. The second-order valence-electron chi connectivity index (χ2n) is 6.17. The number of fused-ring (bicyclic) bond motifs is 2. The van der Waals surface area contributed by atoms with Crippen molar-refractivity contribution < 1.29 is 9.90 Å². The lowest BCUT2D eigenvalue weighted by molar-refractivity contribution is 0.0747. The van der Waals surface area contributed by atoms with Crippen molar-refractivity contribution in [3.63, 3.8) is 0 Å². The maximum Gasteiger partial charge on any atom is 0.272 e. The number of para-hydroxylation sites is 1. The fraction of sp³-hybridized carbons (Fsp3) is 0.412. The summed E-state index contributed by atoms with van der Waals surface area (Å²) in [4.78, 5) is 18.9. The summed E-state index contributed by atoms with van der Waals surface area (Å²) in [6.45, 7) is 1.42. The van der Waals surface area contributed by atoms with Gasteiger partial charge in [0, 0.05) is 24.4 Å². The molecule has 1 saturated carbocycles. The molecule has 0 bridgehead atoms. The van der Waals surface area contributed by atoms with Crippen LogP contribution in [0.25, 0.3) is 10.9 Å². The van der Waals surface area contributed by atoms with Crippen LogP contribution in [0.1, 0.15) is 23.3 Å². The molecule has 1 aliphatic carbocycles. The summed E-state index contributed by atoms with van der Waals surface area (Å²) in [5.74, 6) is 0.709. The number of amides is 1. The zero-order valence-electron chi connectivity index (χ0n) is 11.8. The zero-order valence-corrected chi connectivity index (χ0v) is 11.8. The molecular weight excluding hydrogens is 264 g/mol. The Kier molecular flexibility index (Phi) is 2.93. The van der Waals surface area contributed by atoms with Gasteiger partial charge in [0.2, 0.25) is 0 Å². The zero-order chi connectivity index (χ0) is 14.4. The Morgan fingerprint density at radius 1 is 1.14 bits per heavy atom. The maximum atomic E-state index is 12.6. The first-order valence-electron chi connectivity index (χ1n) is 7.55. The van der Waals surface area contributed by atoms with Gasteiger partial charge < -0.3 is 10.0 Å². The Balaban J connectivity index is 1.59. The van der Waals surface area contributed by atoms with Crippen LogP contribution < -0.4 is 0 Å². The minimum Gasteiger partial charge on any atom is -0.393 e. The number of carbonyl (C=O) groups is 1. The van der Waals surface area contributed by atoms with Crippen molar-refractivity contribution in [2.75, 3.05) is 13.1 Å². The Bertz CT molecular complexity index is 700. The van der Waals surface area contributed by atoms with Crippen LogP contribution in [-0.4, -0.2) is 40.1 Å². The summed E-state index contributed by atoms with van der Waals surface area (Å²) >= 11 is 0. The van der Waals surface area contributed by atoms with Crippen LogP contribution in [0.3, 0.4) is 0 Å². The second kappa shape index (κ2) is 4.81. The fourth-order valence-electron chi connectivity index (χ4n) is 3.75.